The van der Waals surface area contributed by atoms with Crippen LogP contribution in [0.25, 0.3) is 11.0 Å². The largest absolute Gasteiger partial charge is 0.467 e. The fraction of sp³-hybridized carbons (Fsp3) is 0.538. The molecule has 3 aromatic heterocycles. The molecule has 0 radical (unpaired) electrons. The molecule has 17 heteroatoms. The van der Waals surface area contributed by atoms with Gasteiger partial charge in [-0.25, -0.2) is 26.4 Å². The van der Waals surface area contributed by atoms with Crippen molar-refractivity contribution in [1.29, 1.82) is 0 Å². The number of aryl methyl sites for hydroxylation is 3. The summed E-state index contributed by atoms with van der Waals surface area (Å²) in [4.78, 5) is 36.7. The number of furan rings is 1. The second-order valence-corrected chi connectivity index (χ2v) is 24.4. The number of aromatic nitrogens is 3. The van der Waals surface area contributed by atoms with Crippen LogP contribution in [0.2, 0.25) is 23.4 Å². The third-order valence-electron chi connectivity index (χ3n) is 9.23. The minimum atomic E-state index is -4.68. The number of nitrogens with zero attached hydrogens (tertiary/aromatic N) is 4. The molecule has 0 saturated carbocycles. The fourth-order valence-corrected chi connectivity index (χ4v) is 9.02. The van der Waals surface area contributed by atoms with Crippen LogP contribution < -0.4 is 10.2 Å². The number of ether oxygens (including phenoxy) is 2. The molecule has 1 aromatic carbocycles. The van der Waals surface area contributed by atoms with E-state index in [-0.39, 0.29) is 34.6 Å². The molecular weight excluding hydrogens is 781 g/mol. The highest BCUT2D eigenvalue weighted by molar-refractivity contribution is 7.90. The molecular formula is C39H55ClFN5O8SSi. The predicted molar refractivity (Wildman–Crippen MR) is 217 cm³/mol. The Morgan fingerprint density at radius 2 is 1.59 bits per heavy atom. The van der Waals surface area contributed by atoms with Gasteiger partial charge in [0.05, 0.1) is 41.4 Å². The van der Waals surface area contributed by atoms with Gasteiger partial charge in [0.2, 0.25) is 5.28 Å². The number of rotatable bonds is 11. The molecule has 2 amide bonds. The van der Waals surface area contributed by atoms with E-state index in [2.05, 4.69) is 36.1 Å². The Kier molecular flexibility index (Phi) is 12.9. The molecule has 0 saturated heterocycles. The first-order valence-corrected chi connectivity index (χ1v) is 23.0. The molecule has 56 heavy (non-hydrogen) atoms. The van der Waals surface area contributed by atoms with E-state index in [1.807, 2.05) is 20.0 Å². The minimum Gasteiger partial charge on any atom is -0.467 e. The molecule has 13 nitrogen and oxygen atoms in total. The number of anilines is 1. The average molecular weight is 836 g/mol. The maximum absolute atomic E-state index is 17.7. The smallest absolute Gasteiger partial charge is 0.416 e. The number of carbonyl (C=O) groups is 2. The van der Waals surface area contributed by atoms with Crippen molar-refractivity contribution >= 4 is 59.0 Å². The maximum atomic E-state index is 17.7. The summed E-state index contributed by atoms with van der Waals surface area (Å²) in [5, 5.41) is 1.67. The molecule has 0 aliphatic rings. The second-order valence-electron chi connectivity index (χ2n) is 17.5. The third-order valence-corrected chi connectivity index (χ3v) is 15.9. The lowest BCUT2D eigenvalue weighted by Gasteiger charge is -2.37. The van der Waals surface area contributed by atoms with Gasteiger partial charge in [-0.2, -0.15) is 9.97 Å². The molecule has 0 aliphatic carbocycles. The molecule has 1 atom stereocenters. The van der Waals surface area contributed by atoms with E-state index < -0.39 is 76.3 Å². The Bertz CT molecular complexity index is 2180. The van der Waals surface area contributed by atoms with Gasteiger partial charge in [0.1, 0.15) is 17.0 Å². The Morgan fingerprint density at radius 3 is 2.11 bits per heavy atom. The van der Waals surface area contributed by atoms with Crippen LogP contribution >= 0.6 is 11.6 Å². The number of carbonyl (C=O) groups excluding carboxylic acids is 2. The molecule has 4 rings (SSSR count). The zero-order chi connectivity index (χ0) is 42.3. The van der Waals surface area contributed by atoms with E-state index in [9.17, 15) is 9.59 Å². The lowest BCUT2D eigenvalue weighted by atomic mass is 10.1. The molecule has 0 unspecified atom stereocenters. The monoisotopic (exact) mass is 835 g/mol. The van der Waals surface area contributed by atoms with E-state index >= 15 is 12.8 Å². The molecule has 308 valence electrons. The molecule has 1 N–H and O–H groups in total. The number of hydrogen-bond donors (Lipinski definition) is 1. The molecule has 0 fully saturated rings. The van der Waals surface area contributed by atoms with Gasteiger partial charge in [-0.15, -0.1) is 0 Å². The van der Waals surface area contributed by atoms with Crippen LogP contribution in [0.1, 0.15) is 90.5 Å². The van der Waals surface area contributed by atoms with E-state index in [0.29, 0.717) is 16.9 Å². The van der Waals surface area contributed by atoms with E-state index in [4.69, 9.17) is 29.9 Å². The summed E-state index contributed by atoms with van der Waals surface area (Å²) < 4.78 is 71.9. The fourth-order valence-electron chi connectivity index (χ4n) is 5.89. The number of nitrogens with one attached hydrogen (secondary N) is 1. The van der Waals surface area contributed by atoms with Crippen LogP contribution in [0.15, 0.2) is 39.8 Å². The number of halogens is 2. The zero-order valence-corrected chi connectivity index (χ0v) is 37.4. The van der Waals surface area contributed by atoms with Crippen LogP contribution in [-0.4, -0.2) is 66.7 Å². The summed E-state index contributed by atoms with van der Waals surface area (Å²) in [7, 11) is -7.15. The molecule has 0 spiro atoms. The summed E-state index contributed by atoms with van der Waals surface area (Å²) in [5.74, 6) is -1.12. The number of fused-ring (bicyclic) bond motifs is 1. The van der Waals surface area contributed by atoms with Crippen molar-refractivity contribution in [3.05, 3.63) is 69.8 Å². The summed E-state index contributed by atoms with van der Waals surface area (Å²) >= 11 is 6.54. The minimum absolute atomic E-state index is 0.0775. The lowest BCUT2D eigenvalue weighted by molar-refractivity contribution is 0.0483. The highest BCUT2D eigenvalue weighted by atomic mass is 35.5. The van der Waals surface area contributed by atoms with E-state index in [1.165, 1.54) is 6.26 Å². The topological polar surface area (TPSA) is 155 Å². The quantitative estimate of drug-likeness (QED) is 0.114. The van der Waals surface area contributed by atoms with Crippen LogP contribution in [0, 0.1) is 26.6 Å². The summed E-state index contributed by atoms with van der Waals surface area (Å²) in [6.07, 6.45) is -0.751. The predicted octanol–water partition coefficient (Wildman–Crippen LogP) is 9.38. The van der Waals surface area contributed by atoms with Crippen molar-refractivity contribution < 1.29 is 40.7 Å². The molecule has 3 heterocycles. The summed E-state index contributed by atoms with van der Waals surface area (Å²) in [6, 6.07) is 5.63. The SMILES string of the molecule is Cc1cc(C)c(S(=O)(=O)n2c(C[C@H](CO[Si](C)(C)C(C)(C)C)NC(=O)OC(C)(C)C)c(F)c3c(N(Cc4ccco4)C(=O)OC(C)(C)C)nc(Cl)nc32)c(C)c1. The Labute approximate surface area is 335 Å². The van der Waals surface area contributed by atoms with E-state index in [1.54, 1.807) is 79.7 Å². The standard InChI is InChI=1S/C39H55ClFN5O8SSi/c1-23-18-24(2)31(25(3)19-23)55(49,50)46-28(20-26(42-35(47)53-37(4,5)6)22-52-56(13,14)39(10,11)12)30(41)29-32(43-34(40)44-33(29)46)45(21-27-16-15-17-51-27)36(48)54-38(7,8)9/h15-19,26H,20-22H2,1-14H3,(H,42,47)/t26-/m1/s1. The molecule has 0 bridgehead atoms. The van der Waals surface area contributed by atoms with Gasteiger partial charge in [0.25, 0.3) is 10.0 Å². The highest BCUT2D eigenvalue weighted by Gasteiger charge is 2.40. The first kappa shape index (κ1) is 44.7. The third kappa shape index (κ3) is 10.3. The first-order chi connectivity index (χ1) is 25.5. The maximum Gasteiger partial charge on any atom is 0.416 e. The van der Waals surface area contributed by atoms with Gasteiger partial charge in [-0.1, -0.05) is 38.5 Å². The van der Waals surface area contributed by atoms with Gasteiger partial charge in [-0.3, -0.25) is 4.90 Å². The first-order valence-electron chi connectivity index (χ1n) is 18.3. The van der Waals surface area contributed by atoms with Crippen LogP contribution in [0.4, 0.5) is 19.8 Å². The van der Waals surface area contributed by atoms with Crippen molar-refractivity contribution in [3.8, 4) is 0 Å². The van der Waals surface area contributed by atoms with Gasteiger partial charge < -0.3 is 23.6 Å². The van der Waals surface area contributed by atoms with Crippen molar-refractivity contribution in [3.63, 3.8) is 0 Å². The van der Waals surface area contributed by atoms with Crippen LogP contribution in [-0.2, 0) is 36.9 Å². The Balaban J connectivity index is 2.08. The summed E-state index contributed by atoms with van der Waals surface area (Å²) in [6.45, 7) is 25.0. The number of amides is 2. The second kappa shape index (κ2) is 16.1. The van der Waals surface area contributed by atoms with Crippen molar-refractivity contribution in [2.75, 3.05) is 11.5 Å². The summed E-state index contributed by atoms with van der Waals surface area (Å²) in [5.41, 5.74) is -1.04. The normalized spacial score (nSPS) is 13.5. The number of alkyl carbamates (subject to hydrolysis) is 1. The van der Waals surface area contributed by atoms with Crippen LogP contribution in [0.5, 0.6) is 0 Å². The lowest BCUT2D eigenvalue weighted by Crippen LogP contribution is -2.48. The number of hydrogen-bond acceptors (Lipinski definition) is 10. The van der Waals surface area contributed by atoms with Gasteiger partial charge in [0.15, 0.2) is 25.6 Å². The van der Waals surface area contributed by atoms with Gasteiger partial charge in [-0.05, 0) is 115 Å². The van der Waals surface area contributed by atoms with Crippen LogP contribution in [0.3, 0.4) is 0 Å². The Hall–Kier alpha value is -3.99. The van der Waals surface area contributed by atoms with Gasteiger partial charge in [0, 0.05) is 6.42 Å². The molecule has 4 aromatic rings. The number of benzene rings is 1. The Morgan fingerprint density at radius 1 is 1.00 bits per heavy atom. The van der Waals surface area contributed by atoms with Crippen molar-refractivity contribution in [1.82, 2.24) is 19.3 Å². The van der Waals surface area contributed by atoms with Gasteiger partial charge >= 0.3 is 12.2 Å². The van der Waals surface area contributed by atoms with Crippen molar-refractivity contribution in [2.24, 2.45) is 0 Å². The van der Waals surface area contributed by atoms with Crippen molar-refractivity contribution in [2.45, 2.75) is 136 Å². The highest BCUT2D eigenvalue weighted by Crippen LogP contribution is 2.39. The average Bonchev–Trinajstić information content (AvgIpc) is 3.61. The van der Waals surface area contributed by atoms with E-state index in [0.717, 1.165) is 14.4 Å². The zero-order valence-electron chi connectivity index (χ0n) is 34.8. The molecule has 0 aliphatic heterocycles.